The molecule has 5 nitrogen and oxygen atoms in total. The third-order valence-corrected chi connectivity index (χ3v) is 3.37. The Balaban J connectivity index is 2.77. The molecule has 0 heterocycles. The zero-order valence-electron chi connectivity index (χ0n) is 11.2. The number of nitrogens with zero attached hydrogens (tertiary/aromatic N) is 1. The molecular weight excluding hydrogens is 314 g/mol. The number of phenolic OH excluding ortho intramolecular Hbond substituents is 1. The number of carbonyl (C=O) groups is 1. The highest BCUT2D eigenvalue weighted by Crippen LogP contribution is 2.35. The van der Waals surface area contributed by atoms with E-state index in [4.69, 9.17) is 9.84 Å². The van der Waals surface area contributed by atoms with Crippen LogP contribution in [0.3, 0.4) is 0 Å². The molecule has 0 aromatic heterocycles. The molecule has 0 fully saturated rings. The summed E-state index contributed by atoms with van der Waals surface area (Å²) in [5.74, 6) is -0.777. The first-order valence-corrected chi connectivity index (χ1v) is 6.61. The van der Waals surface area contributed by atoms with Crippen molar-refractivity contribution >= 4 is 21.9 Å². The van der Waals surface area contributed by atoms with Crippen LogP contribution in [0, 0.1) is 5.92 Å². The molecule has 6 heteroatoms. The first-order valence-electron chi connectivity index (χ1n) is 5.81. The minimum atomic E-state index is -0.809. The van der Waals surface area contributed by atoms with Gasteiger partial charge in [-0.2, -0.15) is 0 Å². The van der Waals surface area contributed by atoms with Crippen LogP contribution in [0.4, 0.5) is 0 Å². The van der Waals surface area contributed by atoms with E-state index in [1.165, 1.54) is 7.11 Å². The zero-order chi connectivity index (χ0) is 14.6. The Morgan fingerprint density at radius 2 is 2.16 bits per heavy atom. The van der Waals surface area contributed by atoms with Crippen LogP contribution in [-0.2, 0) is 11.3 Å². The van der Waals surface area contributed by atoms with Crippen molar-refractivity contribution in [2.75, 3.05) is 20.7 Å². The van der Waals surface area contributed by atoms with Gasteiger partial charge in [0.15, 0.2) is 11.5 Å². The predicted molar refractivity (Wildman–Crippen MR) is 75.5 cm³/mol. The molecule has 0 aliphatic carbocycles. The lowest BCUT2D eigenvalue weighted by molar-refractivity contribution is -0.141. The normalized spacial score (nSPS) is 12.5. The standard InChI is InChI=1S/C13H18BrNO4/c1-8(13(17)18)6-15(2)7-9-4-10(14)12(16)11(5-9)19-3/h4-5,8,16H,6-7H2,1-3H3,(H,17,18). The van der Waals surface area contributed by atoms with Crippen molar-refractivity contribution in [2.45, 2.75) is 13.5 Å². The number of aliphatic carboxylic acids is 1. The van der Waals surface area contributed by atoms with Gasteiger partial charge in [-0.1, -0.05) is 6.92 Å². The second-order valence-corrected chi connectivity index (χ2v) is 5.42. The van der Waals surface area contributed by atoms with E-state index in [0.717, 1.165) is 5.56 Å². The summed E-state index contributed by atoms with van der Waals surface area (Å²) in [6.07, 6.45) is 0. The summed E-state index contributed by atoms with van der Waals surface area (Å²) in [5.41, 5.74) is 0.932. The van der Waals surface area contributed by atoms with E-state index in [2.05, 4.69) is 15.9 Å². The van der Waals surface area contributed by atoms with Crippen LogP contribution >= 0.6 is 15.9 Å². The molecule has 0 aliphatic heterocycles. The molecule has 2 N–H and O–H groups in total. The topological polar surface area (TPSA) is 70.0 Å². The average molecular weight is 332 g/mol. The maximum Gasteiger partial charge on any atom is 0.307 e. The summed E-state index contributed by atoms with van der Waals surface area (Å²) in [6, 6.07) is 3.53. The average Bonchev–Trinajstić information content (AvgIpc) is 2.33. The van der Waals surface area contributed by atoms with E-state index >= 15 is 0 Å². The van der Waals surface area contributed by atoms with Gasteiger partial charge in [-0.25, -0.2) is 0 Å². The molecule has 0 spiro atoms. The number of hydrogen-bond donors (Lipinski definition) is 2. The highest BCUT2D eigenvalue weighted by atomic mass is 79.9. The lowest BCUT2D eigenvalue weighted by Crippen LogP contribution is -2.28. The smallest absolute Gasteiger partial charge is 0.307 e. The molecule has 0 saturated carbocycles. The van der Waals surface area contributed by atoms with Gasteiger partial charge in [0.05, 0.1) is 17.5 Å². The van der Waals surface area contributed by atoms with Crippen LogP contribution in [0.2, 0.25) is 0 Å². The second-order valence-electron chi connectivity index (χ2n) is 4.56. The molecule has 1 rings (SSSR count). The van der Waals surface area contributed by atoms with Crippen molar-refractivity contribution in [2.24, 2.45) is 5.92 Å². The lowest BCUT2D eigenvalue weighted by atomic mass is 10.1. The molecule has 19 heavy (non-hydrogen) atoms. The Labute approximate surface area is 120 Å². The first kappa shape index (κ1) is 15.8. The number of rotatable bonds is 6. The van der Waals surface area contributed by atoms with Crippen molar-refractivity contribution < 1.29 is 19.7 Å². The number of carboxylic acid groups (broad SMARTS) is 1. The number of ether oxygens (including phenoxy) is 1. The van der Waals surface area contributed by atoms with Gasteiger partial charge < -0.3 is 19.8 Å². The van der Waals surface area contributed by atoms with Crippen molar-refractivity contribution in [3.63, 3.8) is 0 Å². The molecule has 0 radical (unpaired) electrons. The molecule has 0 bridgehead atoms. The van der Waals surface area contributed by atoms with E-state index in [1.54, 1.807) is 19.1 Å². The van der Waals surface area contributed by atoms with Gasteiger partial charge >= 0.3 is 5.97 Å². The molecule has 106 valence electrons. The highest BCUT2D eigenvalue weighted by molar-refractivity contribution is 9.10. The van der Waals surface area contributed by atoms with Gasteiger partial charge in [0.25, 0.3) is 0 Å². The summed E-state index contributed by atoms with van der Waals surface area (Å²) in [6.45, 7) is 2.70. The van der Waals surface area contributed by atoms with E-state index in [-0.39, 0.29) is 5.75 Å². The summed E-state index contributed by atoms with van der Waals surface area (Å²) < 4.78 is 5.63. The molecule has 1 aromatic carbocycles. The molecule has 1 aromatic rings. The molecule has 0 saturated heterocycles. The Morgan fingerprint density at radius 3 is 2.68 bits per heavy atom. The van der Waals surface area contributed by atoms with Crippen LogP contribution in [0.15, 0.2) is 16.6 Å². The van der Waals surface area contributed by atoms with Crippen LogP contribution in [0.25, 0.3) is 0 Å². The number of aromatic hydroxyl groups is 1. The van der Waals surface area contributed by atoms with Crippen LogP contribution in [0.5, 0.6) is 11.5 Å². The maximum atomic E-state index is 10.8. The first-order chi connectivity index (χ1) is 8.85. The number of halogens is 1. The Hall–Kier alpha value is -1.27. The van der Waals surface area contributed by atoms with Crippen molar-refractivity contribution in [1.82, 2.24) is 4.90 Å². The van der Waals surface area contributed by atoms with E-state index in [1.807, 2.05) is 11.9 Å². The van der Waals surface area contributed by atoms with E-state index < -0.39 is 11.9 Å². The molecule has 0 amide bonds. The third-order valence-electron chi connectivity index (χ3n) is 2.77. The maximum absolute atomic E-state index is 10.8. The third kappa shape index (κ3) is 4.40. The van der Waals surface area contributed by atoms with Gasteiger partial charge in [0.2, 0.25) is 0 Å². The fourth-order valence-electron chi connectivity index (χ4n) is 1.80. The summed E-state index contributed by atoms with van der Waals surface area (Å²) in [7, 11) is 3.34. The number of methoxy groups -OCH3 is 1. The molecule has 1 atom stereocenters. The summed E-state index contributed by atoms with van der Waals surface area (Å²) in [5, 5.41) is 18.6. The van der Waals surface area contributed by atoms with Crippen LogP contribution in [0.1, 0.15) is 12.5 Å². The van der Waals surface area contributed by atoms with Gasteiger partial charge in [-0.3, -0.25) is 4.79 Å². The minimum Gasteiger partial charge on any atom is -0.503 e. The van der Waals surface area contributed by atoms with Gasteiger partial charge in [-0.05, 0) is 40.7 Å². The number of benzene rings is 1. The SMILES string of the molecule is COc1cc(CN(C)CC(C)C(=O)O)cc(Br)c1O. The van der Waals surface area contributed by atoms with E-state index in [0.29, 0.717) is 23.3 Å². The Bertz CT molecular complexity index is 464. The Morgan fingerprint density at radius 1 is 1.53 bits per heavy atom. The van der Waals surface area contributed by atoms with Crippen molar-refractivity contribution in [3.8, 4) is 11.5 Å². The minimum absolute atomic E-state index is 0.0628. The highest BCUT2D eigenvalue weighted by Gasteiger charge is 2.15. The monoisotopic (exact) mass is 331 g/mol. The zero-order valence-corrected chi connectivity index (χ0v) is 12.8. The summed E-state index contributed by atoms with van der Waals surface area (Å²) in [4.78, 5) is 12.7. The fraction of sp³-hybridized carbons (Fsp3) is 0.462. The Kier molecular flexibility index (Phi) is 5.62. The predicted octanol–water partition coefficient (Wildman–Crippen LogP) is 2.32. The van der Waals surface area contributed by atoms with E-state index in [9.17, 15) is 9.90 Å². The largest absolute Gasteiger partial charge is 0.503 e. The van der Waals surface area contributed by atoms with Crippen molar-refractivity contribution in [1.29, 1.82) is 0 Å². The lowest BCUT2D eigenvalue weighted by Gasteiger charge is -2.19. The van der Waals surface area contributed by atoms with Crippen LogP contribution in [-0.4, -0.2) is 41.8 Å². The van der Waals surface area contributed by atoms with Crippen LogP contribution < -0.4 is 4.74 Å². The summed E-state index contributed by atoms with van der Waals surface area (Å²) >= 11 is 3.26. The number of hydrogen-bond acceptors (Lipinski definition) is 4. The number of carboxylic acids is 1. The van der Waals surface area contributed by atoms with Gasteiger partial charge in [0.1, 0.15) is 0 Å². The molecule has 0 aliphatic rings. The number of phenols is 1. The van der Waals surface area contributed by atoms with Gasteiger partial charge in [-0.15, -0.1) is 0 Å². The fourth-order valence-corrected chi connectivity index (χ4v) is 2.29. The van der Waals surface area contributed by atoms with Crippen molar-refractivity contribution in [3.05, 3.63) is 22.2 Å². The quantitative estimate of drug-likeness (QED) is 0.837. The second kappa shape index (κ2) is 6.77. The molecule has 1 unspecified atom stereocenters. The molecular formula is C13H18BrNO4. The van der Waals surface area contributed by atoms with Gasteiger partial charge in [0, 0.05) is 13.1 Å².